The van der Waals surface area contributed by atoms with Gasteiger partial charge in [-0.1, -0.05) is 48.5 Å². The molecule has 7 nitrogen and oxygen atoms in total. The summed E-state index contributed by atoms with van der Waals surface area (Å²) in [6, 6.07) is 25.8. The van der Waals surface area contributed by atoms with E-state index in [4.69, 9.17) is 14.2 Å². The van der Waals surface area contributed by atoms with Crippen LogP contribution < -0.4 is 14.8 Å². The third-order valence-corrected chi connectivity index (χ3v) is 5.56. The predicted molar refractivity (Wildman–Crippen MR) is 138 cm³/mol. The molecule has 36 heavy (non-hydrogen) atoms. The summed E-state index contributed by atoms with van der Waals surface area (Å²) in [4.78, 5) is 29.4. The summed E-state index contributed by atoms with van der Waals surface area (Å²) < 4.78 is 15.6. The van der Waals surface area contributed by atoms with Gasteiger partial charge in [0, 0.05) is 11.5 Å². The molecule has 1 heterocycles. The van der Waals surface area contributed by atoms with Crippen LogP contribution in [-0.2, 0) is 14.3 Å². The van der Waals surface area contributed by atoms with Crippen molar-refractivity contribution in [3.8, 4) is 11.5 Å². The number of amides is 1. The molecule has 0 atom stereocenters. The number of fused-ring (bicyclic) bond motifs is 1. The number of carbonyl (C=O) groups is 2. The summed E-state index contributed by atoms with van der Waals surface area (Å²) in [5.74, 6) is 0.350. The number of hydrogen-bond acceptors (Lipinski definition) is 6. The number of rotatable bonds is 9. The van der Waals surface area contributed by atoms with E-state index in [2.05, 4.69) is 10.3 Å². The third-order valence-electron chi connectivity index (χ3n) is 5.56. The molecule has 0 bridgehead atoms. The first kappa shape index (κ1) is 24.5. The van der Waals surface area contributed by atoms with Crippen LogP contribution in [-0.4, -0.2) is 37.7 Å². The molecule has 1 aromatic heterocycles. The zero-order valence-corrected chi connectivity index (χ0v) is 20.0. The van der Waals surface area contributed by atoms with Crippen LogP contribution in [0.3, 0.4) is 0 Å². The predicted octanol–water partition coefficient (Wildman–Crippen LogP) is 4.71. The Hall–Kier alpha value is -4.65. The molecule has 4 rings (SSSR count). The highest BCUT2D eigenvalue weighted by Gasteiger charge is 2.18. The Bertz CT molecular complexity index is 1320. The van der Waals surface area contributed by atoms with E-state index in [0.717, 1.165) is 22.0 Å². The number of para-hydroxylation sites is 1. The summed E-state index contributed by atoms with van der Waals surface area (Å²) >= 11 is 0. The van der Waals surface area contributed by atoms with Crippen molar-refractivity contribution >= 4 is 28.9 Å². The Balaban J connectivity index is 1.40. The Kier molecular flexibility index (Phi) is 7.93. The second-order valence-corrected chi connectivity index (χ2v) is 7.92. The number of pyridine rings is 1. The lowest BCUT2D eigenvalue weighted by Gasteiger charge is -2.20. The monoisotopic (exact) mass is 482 g/mol. The van der Waals surface area contributed by atoms with Gasteiger partial charge >= 0.3 is 5.97 Å². The van der Waals surface area contributed by atoms with Crippen molar-refractivity contribution in [1.29, 1.82) is 0 Å². The fraction of sp³-hybridized carbons (Fsp3) is 0.138. The zero-order chi connectivity index (χ0) is 25.3. The molecule has 7 heteroatoms. The molecule has 0 saturated heterocycles. The minimum Gasteiger partial charge on any atom is -0.497 e. The van der Waals surface area contributed by atoms with Gasteiger partial charge in [-0.15, -0.1) is 0 Å². The molecule has 0 unspecified atom stereocenters. The maximum absolute atomic E-state index is 12.7. The SMILES string of the molecule is COc1ccc(C(NC(=O)COC(=O)/C=C/c2ccc3ccccc3n2)c2ccc(OC)cc2)cc1. The van der Waals surface area contributed by atoms with Crippen LogP contribution in [0.4, 0.5) is 0 Å². The fourth-order valence-electron chi connectivity index (χ4n) is 3.67. The summed E-state index contributed by atoms with van der Waals surface area (Å²) in [6.07, 6.45) is 2.82. The Labute approximate surface area is 209 Å². The average Bonchev–Trinajstić information content (AvgIpc) is 2.93. The van der Waals surface area contributed by atoms with Crippen molar-refractivity contribution in [2.24, 2.45) is 0 Å². The number of methoxy groups -OCH3 is 2. The van der Waals surface area contributed by atoms with Gasteiger partial charge in [-0.25, -0.2) is 9.78 Å². The van der Waals surface area contributed by atoms with Crippen LogP contribution in [0.25, 0.3) is 17.0 Å². The Morgan fingerprint density at radius 1 is 0.833 bits per heavy atom. The van der Waals surface area contributed by atoms with Gasteiger partial charge in [-0.05, 0) is 53.6 Å². The molecule has 1 N–H and O–H groups in total. The lowest BCUT2D eigenvalue weighted by atomic mass is 9.98. The highest BCUT2D eigenvalue weighted by Crippen LogP contribution is 2.26. The maximum atomic E-state index is 12.7. The van der Waals surface area contributed by atoms with Crippen molar-refractivity contribution in [3.63, 3.8) is 0 Å². The molecule has 4 aromatic rings. The molecule has 0 saturated carbocycles. The van der Waals surface area contributed by atoms with Gasteiger partial charge in [0.1, 0.15) is 11.5 Å². The highest BCUT2D eigenvalue weighted by molar-refractivity contribution is 5.89. The number of esters is 1. The molecule has 0 spiro atoms. The second kappa shape index (κ2) is 11.7. The minimum atomic E-state index is -0.634. The van der Waals surface area contributed by atoms with E-state index in [9.17, 15) is 9.59 Å². The molecular weight excluding hydrogens is 456 g/mol. The molecule has 0 aliphatic rings. The first-order valence-electron chi connectivity index (χ1n) is 11.3. The third kappa shape index (κ3) is 6.27. The van der Waals surface area contributed by atoms with Crippen LogP contribution in [0.5, 0.6) is 11.5 Å². The first-order chi connectivity index (χ1) is 17.6. The normalized spacial score (nSPS) is 11.0. The average molecular weight is 483 g/mol. The zero-order valence-electron chi connectivity index (χ0n) is 20.0. The topological polar surface area (TPSA) is 86.8 Å². The Morgan fingerprint density at radius 2 is 1.44 bits per heavy atom. The van der Waals surface area contributed by atoms with Gasteiger partial charge in [0.2, 0.25) is 0 Å². The summed E-state index contributed by atoms with van der Waals surface area (Å²) in [6.45, 7) is -0.420. The smallest absolute Gasteiger partial charge is 0.331 e. The lowest BCUT2D eigenvalue weighted by Crippen LogP contribution is -2.33. The quantitative estimate of drug-likeness (QED) is 0.275. The number of benzene rings is 3. The van der Waals surface area contributed by atoms with Crippen LogP contribution in [0.2, 0.25) is 0 Å². The van der Waals surface area contributed by atoms with Crippen molar-refractivity contribution < 1.29 is 23.8 Å². The van der Waals surface area contributed by atoms with Gasteiger partial charge in [0.25, 0.3) is 5.91 Å². The van der Waals surface area contributed by atoms with Crippen molar-refractivity contribution in [1.82, 2.24) is 10.3 Å². The number of aromatic nitrogens is 1. The summed E-state index contributed by atoms with van der Waals surface area (Å²) in [5, 5.41) is 3.95. The molecule has 0 aliphatic heterocycles. The molecule has 1 amide bonds. The van der Waals surface area contributed by atoms with E-state index >= 15 is 0 Å². The molecular formula is C29H26N2O5. The van der Waals surface area contributed by atoms with E-state index in [-0.39, 0.29) is 0 Å². The van der Waals surface area contributed by atoms with Gasteiger partial charge in [0.05, 0.1) is 31.5 Å². The Morgan fingerprint density at radius 3 is 2.06 bits per heavy atom. The van der Waals surface area contributed by atoms with E-state index in [0.29, 0.717) is 17.2 Å². The maximum Gasteiger partial charge on any atom is 0.331 e. The first-order valence-corrected chi connectivity index (χ1v) is 11.3. The van der Waals surface area contributed by atoms with Crippen LogP contribution in [0, 0.1) is 0 Å². The van der Waals surface area contributed by atoms with Crippen LogP contribution in [0.15, 0.2) is 91.0 Å². The number of nitrogens with zero attached hydrogens (tertiary/aromatic N) is 1. The van der Waals surface area contributed by atoms with E-state index < -0.39 is 24.5 Å². The van der Waals surface area contributed by atoms with Gasteiger partial charge in [0.15, 0.2) is 6.61 Å². The van der Waals surface area contributed by atoms with Gasteiger partial charge < -0.3 is 19.5 Å². The molecule has 0 fully saturated rings. The molecule has 3 aromatic carbocycles. The summed E-state index contributed by atoms with van der Waals surface area (Å²) in [5.41, 5.74) is 3.15. The van der Waals surface area contributed by atoms with E-state index in [1.165, 1.54) is 6.08 Å². The number of hydrogen-bond donors (Lipinski definition) is 1. The van der Waals surface area contributed by atoms with Crippen molar-refractivity contribution in [2.45, 2.75) is 6.04 Å². The number of carbonyl (C=O) groups excluding carboxylic acids is 2. The van der Waals surface area contributed by atoms with E-state index in [1.54, 1.807) is 20.3 Å². The van der Waals surface area contributed by atoms with E-state index in [1.807, 2.05) is 84.9 Å². The number of nitrogens with one attached hydrogen (secondary N) is 1. The summed E-state index contributed by atoms with van der Waals surface area (Å²) in [7, 11) is 3.19. The van der Waals surface area contributed by atoms with Gasteiger partial charge in [-0.3, -0.25) is 4.79 Å². The molecule has 0 aliphatic carbocycles. The largest absolute Gasteiger partial charge is 0.497 e. The molecule has 182 valence electrons. The van der Waals surface area contributed by atoms with Crippen molar-refractivity contribution in [3.05, 3.63) is 108 Å². The van der Waals surface area contributed by atoms with Crippen LogP contribution >= 0.6 is 0 Å². The fourth-order valence-corrected chi connectivity index (χ4v) is 3.67. The van der Waals surface area contributed by atoms with Gasteiger partial charge in [-0.2, -0.15) is 0 Å². The standard InChI is InChI=1S/C29H26N2O5/c1-34-24-14-8-21(9-15-24)29(22-10-16-25(35-2)17-11-22)31-27(32)19-36-28(33)18-13-23-12-7-20-5-3-4-6-26(20)30-23/h3-18,29H,19H2,1-2H3,(H,31,32)/b18-13+. The second-order valence-electron chi connectivity index (χ2n) is 7.92. The van der Waals surface area contributed by atoms with Crippen LogP contribution in [0.1, 0.15) is 22.9 Å². The minimum absolute atomic E-state index is 0.420. The highest BCUT2D eigenvalue weighted by atomic mass is 16.5. The number of ether oxygens (including phenoxy) is 3. The lowest BCUT2D eigenvalue weighted by molar-refractivity contribution is -0.143. The van der Waals surface area contributed by atoms with Crippen molar-refractivity contribution in [2.75, 3.05) is 20.8 Å². The molecule has 0 radical (unpaired) electrons.